The van der Waals surface area contributed by atoms with E-state index in [0.717, 1.165) is 49.3 Å². The lowest BCUT2D eigenvalue weighted by molar-refractivity contribution is 0.120. The van der Waals surface area contributed by atoms with Gasteiger partial charge in [-0.25, -0.2) is 9.37 Å². The summed E-state index contributed by atoms with van der Waals surface area (Å²) in [7, 11) is 1.92. The van der Waals surface area contributed by atoms with Gasteiger partial charge in [-0.3, -0.25) is 9.88 Å². The van der Waals surface area contributed by atoms with E-state index in [-0.39, 0.29) is 5.75 Å². The highest BCUT2D eigenvalue weighted by molar-refractivity contribution is 7.99. The van der Waals surface area contributed by atoms with Crippen molar-refractivity contribution in [3.8, 4) is 11.8 Å². The topological polar surface area (TPSA) is 82.2 Å². The summed E-state index contributed by atoms with van der Waals surface area (Å²) < 4.78 is 22.7. The number of rotatable bonds is 9. The number of imidazole rings is 1. The molecule has 1 saturated heterocycles. The molecule has 202 valence electrons. The van der Waals surface area contributed by atoms with Crippen LogP contribution in [0.2, 0.25) is 5.02 Å². The van der Waals surface area contributed by atoms with Gasteiger partial charge in [0.05, 0.1) is 21.8 Å². The average Bonchev–Trinajstić information content (AvgIpc) is 3.35. The van der Waals surface area contributed by atoms with Gasteiger partial charge in [0.1, 0.15) is 12.7 Å². The minimum Gasteiger partial charge on any atom is -0.489 e. The van der Waals surface area contributed by atoms with E-state index in [1.165, 1.54) is 24.0 Å². The first kappa shape index (κ1) is 27.2. The van der Waals surface area contributed by atoms with Gasteiger partial charge in [-0.2, -0.15) is 5.26 Å². The third kappa shape index (κ3) is 6.28. The number of hydrogen-bond donors (Lipinski definition) is 1. The molecule has 1 aliphatic rings. The van der Waals surface area contributed by atoms with Gasteiger partial charge in [0.2, 0.25) is 0 Å². The van der Waals surface area contributed by atoms with Gasteiger partial charge in [0.25, 0.3) is 0 Å². The molecule has 3 heterocycles. The van der Waals surface area contributed by atoms with Crippen LogP contribution in [0.25, 0.3) is 10.9 Å². The SMILES string of the molecule is CCN1CCN(CCOc2cc3c(Nc4ccc(Sc5nccn5C)c(Cl)c4)c(C#N)cnc3cc2F)CC1. The molecule has 0 amide bonds. The monoisotopic (exact) mass is 565 g/mol. The van der Waals surface area contributed by atoms with Gasteiger partial charge in [-0.05, 0) is 30.8 Å². The van der Waals surface area contributed by atoms with Gasteiger partial charge in [-0.1, -0.05) is 30.3 Å². The summed E-state index contributed by atoms with van der Waals surface area (Å²) in [5.74, 6) is -0.352. The standard InChI is InChI=1S/C28H29ClFN7OS/c1-3-36-8-10-37(11-9-36)12-13-38-25-15-21-24(16-23(25)30)33-18-19(17-31)27(21)34-20-4-5-26(22(29)14-20)39-28-32-6-7-35(28)2/h4-7,14-16,18H,3,8-13H2,1-2H3,(H,33,34). The zero-order chi connectivity index (χ0) is 27.4. The van der Waals surface area contributed by atoms with E-state index in [4.69, 9.17) is 16.3 Å². The number of ether oxygens (including phenoxy) is 1. The quantitative estimate of drug-likeness (QED) is 0.283. The minimum absolute atomic E-state index is 0.134. The van der Waals surface area contributed by atoms with E-state index in [2.05, 4.69) is 38.1 Å². The first-order chi connectivity index (χ1) is 18.9. The number of fused-ring (bicyclic) bond motifs is 1. The van der Waals surface area contributed by atoms with Crippen LogP contribution in [0, 0.1) is 17.1 Å². The number of pyridine rings is 1. The molecule has 0 radical (unpaired) electrons. The second-order valence-electron chi connectivity index (χ2n) is 9.28. The highest BCUT2D eigenvalue weighted by atomic mass is 35.5. The summed E-state index contributed by atoms with van der Waals surface area (Å²) in [5, 5.41) is 15.0. The van der Waals surface area contributed by atoms with Crippen molar-refractivity contribution in [3.63, 3.8) is 0 Å². The maximum absolute atomic E-state index is 14.9. The number of nitrogens with zero attached hydrogens (tertiary/aromatic N) is 6. The Labute approximate surface area is 236 Å². The number of likely N-dealkylation sites (N-methyl/N-ethyl adjacent to an activating group) is 1. The number of aryl methyl sites for hydroxylation is 1. The van der Waals surface area contributed by atoms with Crippen LogP contribution in [0.15, 0.2) is 59.0 Å². The fraction of sp³-hybridized carbons (Fsp3) is 0.321. The first-order valence-corrected chi connectivity index (χ1v) is 14.0. The van der Waals surface area contributed by atoms with Gasteiger partial charge in [0, 0.05) is 80.4 Å². The first-order valence-electron chi connectivity index (χ1n) is 12.8. The van der Waals surface area contributed by atoms with Crippen LogP contribution < -0.4 is 10.1 Å². The van der Waals surface area contributed by atoms with Crippen molar-refractivity contribution >= 4 is 45.6 Å². The molecule has 0 saturated carbocycles. The Morgan fingerprint density at radius 3 is 2.64 bits per heavy atom. The van der Waals surface area contributed by atoms with Crippen molar-refractivity contribution in [3.05, 3.63) is 65.3 Å². The van der Waals surface area contributed by atoms with Crippen LogP contribution in [-0.2, 0) is 7.05 Å². The molecular weight excluding hydrogens is 537 g/mol. The number of nitriles is 1. The molecule has 0 aliphatic carbocycles. The lowest BCUT2D eigenvalue weighted by Crippen LogP contribution is -2.47. The van der Waals surface area contributed by atoms with Crippen molar-refractivity contribution in [1.29, 1.82) is 5.26 Å². The molecule has 2 aromatic heterocycles. The molecule has 1 fully saturated rings. The number of anilines is 2. The van der Waals surface area contributed by atoms with Crippen LogP contribution in [0.5, 0.6) is 5.75 Å². The molecular formula is C28H29ClFN7OS. The summed E-state index contributed by atoms with van der Waals surface area (Å²) in [6.07, 6.45) is 5.05. The predicted octanol–water partition coefficient (Wildman–Crippen LogP) is 5.54. The Hall–Kier alpha value is -3.36. The Kier molecular flexibility index (Phi) is 8.53. The summed E-state index contributed by atoms with van der Waals surface area (Å²) in [6.45, 7) is 8.33. The predicted molar refractivity (Wildman–Crippen MR) is 153 cm³/mol. The Balaban J connectivity index is 1.35. The van der Waals surface area contributed by atoms with Crippen molar-refractivity contribution in [2.45, 2.75) is 17.0 Å². The Morgan fingerprint density at radius 2 is 1.95 bits per heavy atom. The maximum Gasteiger partial charge on any atom is 0.172 e. The zero-order valence-electron chi connectivity index (χ0n) is 21.8. The summed E-state index contributed by atoms with van der Waals surface area (Å²) >= 11 is 8.05. The third-order valence-corrected chi connectivity index (χ3v) is 8.38. The number of aromatic nitrogens is 3. The highest BCUT2D eigenvalue weighted by Crippen LogP contribution is 2.37. The van der Waals surface area contributed by atoms with Crippen LogP contribution >= 0.6 is 23.4 Å². The molecule has 11 heteroatoms. The molecule has 8 nitrogen and oxygen atoms in total. The van der Waals surface area contributed by atoms with Gasteiger partial charge in [-0.15, -0.1) is 0 Å². The lowest BCUT2D eigenvalue weighted by atomic mass is 10.1. The number of hydrogen-bond acceptors (Lipinski definition) is 8. The molecule has 5 rings (SSSR count). The normalized spacial score (nSPS) is 14.4. The summed E-state index contributed by atoms with van der Waals surface area (Å²) in [5.41, 5.74) is 1.95. The number of benzene rings is 2. The average molecular weight is 566 g/mol. The van der Waals surface area contributed by atoms with Gasteiger partial charge in [0.15, 0.2) is 16.7 Å². The van der Waals surface area contributed by atoms with Crippen LogP contribution in [-0.4, -0.2) is 70.2 Å². The fourth-order valence-electron chi connectivity index (χ4n) is 4.49. The van der Waals surface area contributed by atoms with E-state index in [0.29, 0.717) is 39.5 Å². The van der Waals surface area contributed by atoms with Crippen LogP contribution in [0.4, 0.5) is 15.8 Å². The van der Waals surface area contributed by atoms with Crippen molar-refractivity contribution in [1.82, 2.24) is 24.3 Å². The van der Waals surface area contributed by atoms with Gasteiger partial charge >= 0.3 is 0 Å². The van der Waals surface area contributed by atoms with Gasteiger partial charge < -0.3 is 19.5 Å². The molecule has 0 atom stereocenters. The zero-order valence-corrected chi connectivity index (χ0v) is 23.4. The summed E-state index contributed by atoms with van der Waals surface area (Å²) in [6, 6.07) is 10.7. The second kappa shape index (κ2) is 12.2. The smallest absolute Gasteiger partial charge is 0.172 e. The van der Waals surface area contributed by atoms with Crippen LogP contribution in [0.3, 0.4) is 0 Å². The molecule has 1 aliphatic heterocycles. The lowest BCUT2D eigenvalue weighted by Gasteiger charge is -2.33. The maximum atomic E-state index is 14.9. The molecule has 2 aromatic carbocycles. The molecule has 0 spiro atoms. The highest BCUT2D eigenvalue weighted by Gasteiger charge is 2.17. The van der Waals surface area contributed by atoms with E-state index < -0.39 is 5.82 Å². The number of piperazine rings is 1. The molecule has 4 aromatic rings. The number of nitrogens with one attached hydrogen (secondary N) is 1. The van der Waals surface area contributed by atoms with E-state index in [1.54, 1.807) is 18.3 Å². The third-order valence-electron chi connectivity index (χ3n) is 6.80. The van der Waals surface area contributed by atoms with E-state index in [1.807, 2.05) is 29.9 Å². The molecule has 1 N–H and O–H groups in total. The largest absolute Gasteiger partial charge is 0.489 e. The van der Waals surface area contributed by atoms with Crippen molar-refractivity contribution in [2.75, 3.05) is 51.2 Å². The van der Waals surface area contributed by atoms with Crippen molar-refractivity contribution < 1.29 is 9.13 Å². The molecule has 0 unspecified atom stereocenters. The number of halogens is 2. The van der Waals surface area contributed by atoms with E-state index >= 15 is 0 Å². The fourth-order valence-corrected chi connectivity index (χ4v) is 5.60. The molecule has 0 bridgehead atoms. The Morgan fingerprint density at radius 1 is 1.15 bits per heavy atom. The molecule has 39 heavy (non-hydrogen) atoms. The van der Waals surface area contributed by atoms with Crippen LogP contribution in [0.1, 0.15) is 12.5 Å². The summed E-state index contributed by atoms with van der Waals surface area (Å²) in [4.78, 5) is 14.2. The second-order valence-corrected chi connectivity index (χ2v) is 10.7. The Bertz CT molecular complexity index is 1510. The minimum atomic E-state index is -0.486. The van der Waals surface area contributed by atoms with Crippen molar-refractivity contribution in [2.24, 2.45) is 7.05 Å². The van der Waals surface area contributed by atoms with E-state index in [9.17, 15) is 9.65 Å².